The van der Waals surface area contributed by atoms with Crippen molar-refractivity contribution in [1.82, 2.24) is 5.10 Å². The molecule has 0 atom stereocenters. The lowest BCUT2D eigenvalue weighted by Gasteiger charge is -1.75. The summed E-state index contributed by atoms with van der Waals surface area (Å²) in [5.74, 6) is 0. The molecule has 7 heavy (non-hydrogen) atoms. The number of aliphatic hydroxyl groups is 1. The van der Waals surface area contributed by atoms with Crippen molar-refractivity contribution in [2.75, 3.05) is 0 Å². The van der Waals surface area contributed by atoms with E-state index >= 15 is 0 Å². The third-order valence-electron chi connectivity index (χ3n) is 0.771. The van der Waals surface area contributed by atoms with Gasteiger partial charge in [0.25, 0.3) is 0 Å². The maximum Gasteiger partial charge on any atom is 0.193 e. The molecule has 3 nitrogen and oxygen atoms in total. The van der Waals surface area contributed by atoms with E-state index in [1.807, 2.05) is 0 Å². The first-order valence-electron chi connectivity index (χ1n) is 2.08. The molecule has 0 aromatic carbocycles. The fourth-order valence-electron chi connectivity index (χ4n) is 0.411. The van der Waals surface area contributed by atoms with Crippen molar-refractivity contribution in [2.24, 2.45) is 0 Å². The van der Waals surface area contributed by atoms with Crippen LogP contribution in [-0.2, 0) is 6.61 Å². The van der Waals surface area contributed by atoms with Crippen molar-refractivity contribution in [3.8, 4) is 0 Å². The molecule has 0 spiro atoms. The van der Waals surface area contributed by atoms with E-state index in [1.165, 1.54) is 0 Å². The van der Waals surface area contributed by atoms with Crippen LogP contribution in [0, 0.1) is 0 Å². The molecule has 1 aromatic rings. The van der Waals surface area contributed by atoms with Crippen LogP contribution < -0.4 is 5.10 Å². The van der Waals surface area contributed by atoms with Crippen LogP contribution in [0.3, 0.4) is 0 Å². The van der Waals surface area contributed by atoms with Crippen LogP contribution in [0.4, 0.5) is 0 Å². The molecular formula is C4H7N2O+. The molecule has 0 saturated heterocycles. The molecular weight excluding hydrogens is 92.1 g/mol. The summed E-state index contributed by atoms with van der Waals surface area (Å²) in [6, 6.07) is 1.78. The number of aromatic amines is 2. The maximum atomic E-state index is 8.38. The number of hydrogen-bond acceptors (Lipinski definition) is 1. The summed E-state index contributed by atoms with van der Waals surface area (Å²) < 4.78 is 0. The Hall–Kier alpha value is -0.830. The van der Waals surface area contributed by atoms with Crippen molar-refractivity contribution in [1.29, 1.82) is 0 Å². The van der Waals surface area contributed by atoms with Gasteiger partial charge in [0.15, 0.2) is 6.20 Å². The van der Waals surface area contributed by atoms with Gasteiger partial charge in [-0.2, -0.15) is 5.10 Å². The summed E-state index contributed by atoms with van der Waals surface area (Å²) in [4.78, 5) is 0. The predicted octanol–water partition coefficient (Wildman–Crippen LogP) is -0.679. The van der Waals surface area contributed by atoms with Crippen molar-refractivity contribution >= 4 is 0 Å². The van der Waals surface area contributed by atoms with Gasteiger partial charge in [-0.15, -0.1) is 5.10 Å². The van der Waals surface area contributed by atoms with E-state index in [9.17, 15) is 0 Å². The number of aromatic nitrogens is 2. The Labute approximate surface area is 41.0 Å². The minimum atomic E-state index is 0.0729. The van der Waals surface area contributed by atoms with Crippen molar-refractivity contribution in [3.05, 3.63) is 18.0 Å². The Morgan fingerprint density at radius 2 is 2.71 bits per heavy atom. The largest absolute Gasteiger partial charge is 0.390 e. The average molecular weight is 99.1 g/mol. The zero-order chi connectivity index (χ0) is 5.11. The Balaban J connectivity index is 2.76. The van der Waals surface area contributed by atoms with Crippen LogP contribution in [0.25, 0.3) is 0 Å². The highest BCUT2D eigenvalue weighted by molar-refractivity contribution is 4.90. The predicted molar refractivity (Wildman–Crippen MR) is 23.3 cm³/mol. The summed E-state index contributed by atoms with van der Waals surface area (Å²) >= 11 is 0. The van der Waals surface area contributed by atoms with Crippen molar-refractivity contribution < 1.29 is 10.2 Å². The molecule has 0 saturated carbocycles. The number of rotatable bonds is 1. The minimum Gasteiger partial charge on any atom is -0.390 e. The second-order valence-electron chi connectivity index (χ2n) is 1.29. The Morgan fingerprint density at radius 3 is 3.00 bits per heavy atom. The van der Waals surface area contributed by atoms with Crippen LogP contribution >= 0.6 is 0 Å². The first kappa shape index (κ1) is 4.33. The van der Waals surface area contributed by atoms with Gasteiger partial charge >= 0.3 is 0 Å². The maximum absolute atomic E-state index is 8.38. The highest BCUT2D eigenvalue weighted by Gasteiger charge is 1.88. The molecule has 0 unspecified atom stereocenters. The molecule has 0 aliphatic heterocycles. The molecule has 0 fully saturated rings. The van der Waals surface area contributed by atoms with Crippen LogP contribution in [0.1, 0.15) is 5.69 Å². The molecule has 0 aliphatic carbocycles. The lowest BCUT2D eigenvalue weighted by molar-refractivity contribution is -0.450. The monoisotopic (exact) mass is 99.1 g/mol. The molecule has 0 radical (unpaired) electrons. The van der Waals surface area contributed by atoms with Gasteiger partial charge < -0.3 is 5.11 Å². The van der Waals surface area contributed by atoms with E-state index < -0.39 is 0 Å². The van der Waals surface area contributed by atoms with Crippen molar-refractivity contribution in [2.45, 2.75) is 6.61 Å². The van der Waals surface area contributed by atoms with Gasteiger partial charge in [0.2, 0.25) is 0 Å². The van der Waals surface area contributed by atoms with Crippen LogP contribution in [0.2, 0.25) is 0 Å². The lowest BCUT2D eigenvalue weighted by atomic mass is 10.5. The molecule has 1 rings (SSSR count). The van der Waals surface area contributed by atoms with E-state index in [1.54, 1.807) is 12.3 Å². The molecule has 3 heteroatoms. The summed E-state index contributed by atoms with van der Waals surface area (Å²) in [6.45, 7) is 0.0729. The smallest absolute Gasteiger partial charge is 0.193 e. The van der Waals surface area contributed by atoms with Gasteiger partial charge in [-0.05, 0) is 0 Å². The zero-order valence-electron chi connectivity index (χ0n) is 3.81. The van der Waals surface area contributed by atoms with Gasteiger partial charge in [-0.25, -0.2) is 0 Å². The quantitative estimate of drug-likeness (QED) is 0.481. The molecule has 38 valence electrons. The Bertz CT molecular complexity index is 124. The molecule has 1 aromatic heterocycles. The summed E-state index contributed by atoms with van der Waals surface area (Å²) in [6.07, 6.45) is 1.73. The highest BCUT2D eigenvalue weighted by Crippen LogP contribution is 1.83. The standard InChI is InChI=1S/C4H6N2O/c7-3-4-1-2-5-6-4/h1-2,7H,3H2,(H,5,6)/p+1. The third-order valence-corrected chi connectivity index (χ3v) is 0.771. The van der Waals surface area contributed by atoms with Gasteiger partial charge in [-0.3, -0.25) is 0 Å². The van der Waals surface area contributed by atoms with Crippen molar-refractivity contribution in [3.63, 3.8) is 0 Å². The van der Waals surface area contributed by atoms with Gasteiger partial charge in [0, 0.05) is 6.07 Å². The van der Waals surface area contributed by atoms with E-state index in [0.717, 1.165) is 5.69 Å². The van der Waals surface area contributed by atoms with Crippen LogP contribution in [0.5, 0.6) is 0 Å². The van der Waals surface area contributed by atoms with Gasteiger partial charge in [0.05, 0.1) is 6.61 Å². The van der Waals surface area contributed by atoms with Crippen LogP contribution in [0.15, 0.2) is 12.3 Å². The van der Waals surface area contributed by atoms with Gasteiger partial charge in [-0.1, -0.05) is 0 Å². The Morgan fingerprint density at radius 1 is 1.86 bits per heavy atom. The first-order valence-corrected chi connectivity index (χ1v) is 2.08. The molecule has 3 N–H and O–H groups in total. The number of hydrogen-bond donors (Lipinski definition) is 2. The van der Waals surface area contributed by atoms with E-state index in [-0.39, 0.29) is 6.61 Å². The van der Waals surface area contributed by atoms with Crippen LogP contribution in [-0.4, -0.2) is 10.2 Å². The Kier molecular flexibility index (Phi) is 1.08. The minimum absolute atomic E-state index is 0.0729. The van der Waals surface area contributed by atoms with E-state index in [4.69, 9.17) is 5.11 Å². The number of H-pyrrole nitrogens is 2. The molecule has 0 bridgehead atoms. The SMILES string of the molecule is OCc1cc[nH+][nH]1. The number of aliphatic hydroxyl groups excluding tert-OH is 1. The molecule has 0 aliphatic rings. The topological polar surface area (TPSA) is 50.2 Å². The molecule has 0 amide bonds. The fourth-order valence-corrected chi connectivity index (χ4v) is 0.411. The average Bonchev–Trinajstić information content (AvgIpc) is 2.14. The normalized spacial score (nSPS) is 9.29. The second-order valence-corrected chi connectivity index (χ2v) is 1.29. The van der Waals surface area contributed by atoms with Gasteiger partial charge in [0.1, 0.15) is 5.69 Å². The highest BCUT2D eigenvalue weighted by atomic mass is 16.3. The summed E-state index contributed by atoms with van der Waals surface area (Å²) in [7, 11) is 0. The summed E-state index contributed by atoms with van der Waals surface area (Å²) in [5.41, 5.74) is 0.806. The van der Waals surface area contributed by atoms with E-state index in [0.29, 0.717) is 0 Å². The summed E-state index contributed by atoms with van der Waals surface area (Å²) in [5, 5.41) is 13.8. The fraction of sp³-hybridized carbons (Fsp3) is 0.250. The number of nitrogens with one attached hydrogen (secondary N) is 2. The molecule has 1 heterocycles. The second kappa shape index (κ2) is 1.75. The third kappa shape index (κ3) is 0.778. The zero-order valence-corrected chi connectivity index (χ0v) is 3.81. The first-order chi connectivity index (χ1) is 3.43. The van der Waals surface area contributed by atoms with E-state index in [2.05, 4.69) is 10.2 Å². The lowest BCUT2D eigenvalue weighted by Crippen LogP contribution is -1.99.